The fourth-order valence-electron chi connectivity index (χ4n) is 3.43. The van der Waals surface area contributed by atoms with Crippen LogP contribution in [0.5, 0.6) is 5.75 Å². The van der Waals surface area contributed by atoms with E-state index in [0.29, 0.717) is 6.04 Å². The minimum Gasteiger partial charge on any atom is -0.493 e. The molecule has 1 aromatic carbocycles. The number of hydrogen-bond donors (Lipinski definition) is 1. The van der Waals surface area contributed by atoms with Crippen molar-refractivity contribution in [3.63, 3.8) is 0 Å². The third-order valence-corrected chi connectivity index (χ3v) is 4.54. The number of hydrogen-bond acceptors (Lipinski definition) is 2. The molecule has 0 amide bonds. The van der Waals surface area contributed by atoms with Gasteiger partial charge in [0.15, 0.2) is 0 Å². The Morgan fingerprint density at radius 3 is 2.67 bits per heavy atom. The Kier molecular flexibility index (Phi) is 7.08. The van der Waals surface area contributed by atoms with Crippen molar-refractivity contribution in [1.29, 1.82) is 0 Å². The van der Waals surface area contributed by atoms with Crippen molar-refractivity contribution in [3.05, 3.63) is 29.8 Å². The van der Waals surface area contributed by atoms with Crippen LogP contribution in [0.2, 0.25) is 0 Å². The van der Waals surface area contributed by atoms with Gasteiger partial charge in [-0.3, -0.25) is 0 Å². The second-order valence-corrected chi connectivity index (χ2v) is 6.22. The lowest BCUT2D eigenvalue weighted by Crippen LogP contribution is -2.22. The summed E-state index contributed by atoms with van der Waals surface area (Å²) in [7, 11) is 0. The lowest BCUT2D eigenvalue weighted by molar-refractivity contribution is 0.307. The first kappa shape index (κ1) is 16.4. The maximum atomic E-state index is 5.95. The molecule has 2 nitrogen and oxygen atoms in total. The van der Waals surface area contributed by atoms with Gasteiger partial charge in [0.2, 0.25) is 0 Å². The van der Waals surface area contributed by atoms with Crippen LogP contribution in [0.25, 0.3) is 0 Å². The van der Waals surface area contributed by atoms with Crippen LogP contribution in [0, 0.1) is 5.92 Å². The van der Waals surface area contributed by atoms with Gasteiger partial charge in [0.05, 0.1) is 6.61 Å². The van der Waals surface area contributed by atoms with Crippen LogP contribution < -0.4 is 10.1 Å². The van der Waals surface area contributed by atoms with Crippen LogP contribution in [0.3, 0.4) is 0 Å². The predicted molar refractivity (Wildman–Crippen MR) is 89.8 cm³/mol. The smallest absolute Gasteiger partial charge is 0.124 e. The third-order valence-electron chi connectivity index (χ3n) is 4.54. The van der Waals surface area contributed by atoms with Crippen molar-refractivity contribution in [2.75, 3.05) is 13.2 Å². The molecule has 1 saturated carbocycles. The average molecular weight is 289 g/mol. The highest BCUT2D eigenvalue weighted by atomic mass is 16.5. The molecular formula is C19H31NO. The molecule has 1 atom stereocenters. The zero-order chi connectivity index (χ0) is 14.9. The van der Waals surface area contributed by atoms with Crippen LogP contribution in [0.4, 0.5) is 0 Å². The minimum atomic E-state index is 0.434. The summed E-state index contributed by atoms with van der Waals surface area (Å²) in [6.45, 7) is 6.17. The zero-order valence-electron chi connectivity index (χ0n) is 13.7. The maximum absolute atomic E-state index is 5.95. The molecule has 1 aliphatic carbocycles. The molecule has 1 fully saturated rings. The molecule has 0 saturated heterocycles. The first-order valence-electron chi connectivity index (χ1n) is 8.80. The van der Waals surface area contributed by atoms with E-state index in [4.69, 9.17) is 4.74 Å². The first-order valence-corrected chi connectivity index (χ1v) is 8.80. The van der Waals surface area contributed by atoms with E-state index in [0.717, 1.165) is 31.2 Å². The molecule has 21 heavy (non-hydrogen) atoms. The Bertz CT molecular complexity index is 398. The summed E-state index contributed by atoms with van der Waals surface area (Å²) in [4.78, 5) is 0. The summed E-state index contributed by atoms with van der Waals surface area (Å²) in [5.41, 5.74) is 1.34. The van der Waals surface area contributed by atoms with Crippen LogP contribution >= 0.6 is 0 Å². The van der Waals surface area contributed by atoms with Gasteiger partial charge in [0.25, 0.3) is 0 Å². The predicted octanol–water partition coefficient (Wildman–Crippen LogP) is 5.10. The van der Waals surface area contributed by atoms with Crippen molar-refractivity contribution >= 4 is 0 Å². The number of nitrogens with one attached hydrogen (secondary N) is 1. The Hall–Kier alpha value is -1.02. The van der Waals surface area contributed by atoms with Gasteiger partial charge >= 0.3 is 0 Å². The van der Waals surface area contributed by atoms with Crippen molar-refractivity contribution in [2.24, 2.45) is 5.92 Å². The Balaban J connectivity index is 2.01. The van der Waals surface area contributed by atoms with Gasteiger partial charge in [-0.05, 0) is 37.8 Å². The zero-order valence-corrected chi connectivity index (χ0v) is 13.7. The molecule has 0 aliphatic heterocycles. The Morgan fingerprint density at radius 2 is 1.95 bits per heavy atom. The topological polar surface area (TPSA) is 21.3 Å². The first-order chi connectivity index (χ1) is 10.3. The fraction of sp³-hybridized carbons (Fsp3) is 0.684. The van der Waals surface area contributed by atoms with Crippen molar-refractivity contribution in [2.45, 2.75) is 64.8 Å². The molecule has 118 valence electrons. The number of benzene rings is 1. The molecule has 2 rings (SSSR count). The largest absolute Gasteiger partial charge is 0.493 e. The molecule has 0 bridgehead atoms. The highest BCUT2D eigenvalue weighted by Crippen LogP contribution is 2.34. The van der Waals surface area contributed by atoms with Gasteiger partial charge in [-0.2, -0.15) is 0 Å². The molecular weight excluding hydrogens is 258 g/mol. The quantitative estimate of drug-likeness (QED) is 0.683. The molecule has 1 unspecified atom stereocenters. The second kappa shape index (κ2) is 9.09. The summed E-state index contributed by atoms with van der Waals surface area (Å²) in [5.74, 6) is 2.02. The van der Waals surface area contributed by atoms with E-state index in [1.54, 1.807) is 0 Å². The van der Waals surface area contributed by atoms with Gasteiger partial charge in [-0.25, -0.2) is 0 Å². The number of para-hydroxylation sites is 1. The summed E-state index contributed by atoms with van der Waals surface area (Å²) < 4.78 is 5.95. The van der Waals surface area contributed by atoms with Crippen molar-refractivity contribution in [1.82, 2.24) is 5.32 Å². The monoisotopic (exact) mass is 289 g/mol. The van der Waals surface area contributed by atoms with Gasteiger partial charge < -0.3 is 10.1 Å². The standard InChI is InChI=1S/C19H31NO/c1-3-15-21-19-12-8-7-11-17(19)18(20-4-2)14-13-16-9-5-6-10-16/h7-8,11-12,16,18,20H,3-6,9-10,13-15H2,1-2H3. The van der Waals surface area contributed by atoms with E-state index < -0.39 is 0 Å². The summed E-state index contributed by atoms with van der Waals surface area (Å²) in [6, 6.07) is 8.99. The Morgan fingerprint density at radius 1 is 1.19 bits per heavy atom. The van der Waals surface area contributed by atoms with E-state index in [9.17, 15) is 0 Å². The van der Waals surface area contributed by atoms with Gasteiger partial charge in [0, 0.05) is 11.6 Å². The normalized spacial score (nSPS) is 17.0. The van der Waals surface area contributed by atoms with Crippen molar-refractivity contribution in [3.8, 4) is 5.75 Å². The third kappa shape index (κ3) is 5.03. The molecule has 0 radical (unpaired) electrons. The molecule has 0 aromatic heterocycles. The number of rotatable bonds is 9. The van der Waals surface area contributed by atoms with Crippen LogP contribution in [-0.4, -0.2) is 13.2 Å². The van der Waals surface area contributed by atoms with Gasteiger partial charge in [-0.15, -0.1) is 0 Å². The SMILES string of the molecule is CCCOc1ccccc1C(CCC1CCCC1)NCC. The van der Waals surface area contributed by atoms with Crippen molar-refractivity contribution < 1.29 is 4.74 Å². The van der Waals surface area contributed by atoms with Crippen LogP contribution in [-0.2, 0) is 0 Å². The van der Waals surface area contributed by atoms with Crippen LogP contribution in [0.15, 0.2) is 24.3 Å². The molecule has 1 aliphatic rings. The molecule has 1 N–H and O–H groups in total. The molecule has 0 spiro atoms. The Labute approximate surface area is 130 Å². The highest BCUT2D eigenvalue weighted by Gasteiger charge is 2.20. The maximum Gasteiger partial charge on any atom is 0.124 e. The van der Waals surface area contributed by atoms with Gasteiger partial charge in [-0.1, -0.05) is 57.7 Å². The van der Waals surface area contributed by atoms with E-state index in [1.165, 1.54) is 44.1 Å². The van der Waals surface area contributed by atoms with E-state index >= 15 is 0 Å². The summed E-state index contributed by atoms with van der Waals surface area (Å²) >= 11 is 0. The molecule has 1 aromatic rings. The van der Waals surface area contributed by atoms with E-state index in [1.807, 2.05) is 0 Å². The fourth-order valence-corrected chi connectivity index (χ4v) is 3.43. The van der Waals surface area contributed by atoms with E-state index in [-0.39, 0.29) is 0 Å². The van der Waals surface area contributed by atoms with E-state index in [2.05, 4.69) is 43.4 Å². The van der Waals surface area contributed by atoms with Gasteiger partial charge in [0.1, 0.15) is 5.75 Å². The highest BCUT2D eigenvalue weighted by molar-refractivity contribution is 5.36. The number of ether oxygens (including phenoxy) is 1. The summed E-state index contributed by atoms with van der Waals surface area (Å²) in [6.07, 6.45) is 9.38. The molecule has 2 heteroatoms. The molecule has 0 heterocycles. The average Bonchev–Trinajstić information content (AvgIpc) is 3.03. The lowest BCUT2D eigenvalue weighted by Gasteiger charge is -2.22. The summed E-state index contributed by atoms with van der Waals surface area (Å²) in [5, 5.41) is 3.66. The van der Waals surface area contributed by atoms with Crippen LogP contribution in [0.1, 0.15) is 70.4 Å². The lowest BCUT2D eigenvalue weighted by atomic mass is 9.94. The second-order valence-electron chi connectivity index (χ2n) is 6.22. The minimum absolute atomic E-state index is 0.434.